The van der Waals surface area contributed by atoms with Crippen molar-refractivity contribution >= 4 is 33.2 Å². The fourth-order valence-corrected chi connectivity index (χ4v) is 4.54. The van der Waals surface area contributed by atoms with Crippen LogP contribution >= 0.6 is 11.6 Å². The second-order valence-corrected chi connectivity index (χ2v) is 8.75. The number of hydrogen-bond acceptors (Lipinski definition) is 5. The molecule has 1 N–H and O–H groups in total. The van der Waals surface area contributed by atoms with Gasteiger partial charge < -0.3 is 14.8 Å². The smallest absolute Gasteiger partial charge is 0.255 e. The minimum atomic E-state index is -3.55. The molecule has 0 aliphatic heterocycles. The number of halogens is 1. The normalized spacial score (nSPS) is 11.4. The van der Waals surface area contributed by atoms with Crippen molar-refractivity contribution in [3.05, 3.63) is 47.0 Å². The van der Waals surface area contributed by atoms with E-state index in [1.807, 2.05) is 6.92 Å². The highest BCUT2D eigenvalue weighted by molar-refractivity contribution is 7.89. The van der Waals surface area contributed by atoms with Crippen LogP contribution in [-0.4, -0.2) is 45.4 Å². The molecule has 0 aliphatic rings. The van der Waals surface area contributed by atoms with Gasteiger partial charge in [0.15, 0.2) is 11.5 Å². The average Bonchev–Trinajstić information content (AvgIpc) is 2.73. The van der Waals surface area contributed by atoms with Crippen molar-refractivity contribution in [2.45, 2.75) is 32.1 Å². The Kier molecular flexibility index (Phi) is 8.52. The maximum absolute atomic E-state index is 12.6. The van der Waals surface area contributed by atoms with Crippen LogP contribution in [0.3, 0.4) is 0 Å². The second-order valence-electron chi connectivity index (χ2n) is 6.41. The van der Waals surface area contributed by atoms with Gasteiger partial charge in [-0.15, -0.1) is 0 Å². The quantitative estimate of drug-likeness (QED) is 0.574. The summed E-state index contributed by atoms with van der Waals surface area (Å²) in [5.41, 5.74) is 0.750. The molecule has 2 aromatic rings. The summed E-state index contributed by atoms with van der Waals surface area (Å²) in [5, 5.41) is 3.00. The average molecular weight is 455 g/mol. The van der Waals surface area contributed by atoms with E-state index in [0.717, 1.165) is 6.42 Å². The van der Waals surface area contributed by atoms with Crippen LogP contribution in [0.25, 0.3) is 0 Å². The maximum atomic E-state index is 12.6. The molecule has 0 aromatic heterocycles. The summed E-state index contributed by atoms with van der Waals surface area (Å²) in [7, 11) is -2.08. The molecule has 0 bridgehead atoms. The molecule has 1 amide bonds. The molecule has 2 rings (SSSR count). The van der Waals surface area contributed by atoms with Gasteiger partial charge >= 0.3 is 0 Å². The molecule has 0 spiro atoms. The lowest BCUT2D eigenvalue weighted by molar-refractivity contribution is 0.102. The van der Waals surface area contributed by atoms with E-state index in [9.17, 15) is 13.2 Å². The molecule has 164 valence electrons. The van der Waals surface area contributed by atoms with Crippen molar-refractivity contribution in [3.63, 3.8) is 0 Å². The maximum Gasteiger partial charge on any atom is 0.255 e. The molecule has 0 saturated heterocycles. The van der Waals surface area contributed by atoms with E-state index in [0.29, 0.717) is 42.4 Å². The molecule has 2 aromatic carbocycles. The first-order valence-corrected chi connectivity index (χ1v) is 11.5. The first-order valence-electron chi connectivity index (χ1n) is 9.70. The van der Waals surface area contributed by atoms with Gasteiger partial charge in [0.1, 0.15) is 0 Å². The Labute approximate surface area is 183 Å². The highest BCUT2D eigenvalue weighted by atomic mass is 35.5. The Morgan fingerprint density at radius 3 is 2.27 bits per heavy atom. The van der Waals surface area contributed by atoms with E-state index in [2.05, 4.69) is 5.32 Å². The Morgan fingerprint density at radius 1 is 1.10 bits per heavy atom. The highest BCUT2D eigenvalue weighted by Crippen LogP contribution is 2.36. The number of amides is 1. The van der Waals surface area contributed by atoms with Gasteiger partial charge in [-0.25, -0.2) is 8.42 Å². The third-order valence-corrected chi connectivity index (χ3v) is 6.74. The molecule has 0 aliphatic carbocycles. The Morgan fingerprint density at radius 2 is 1.73 bits per heavy atom. The molecule has 0 radical (unpaired) electrons. The van der Waals surface area contributed by atoms with Crippen molar-refractivity contribution in [2.75, 3.05) is 32.1 Å². The van der Waals surface area contributed by atoms with E-state index >= 15 is 0 Å². The molecular weight excluding hydrogens is 428 g/mol. The van der Waals surface area contributed by atoms with Crippen LogP contribution in [0.15, 0.2) is 41.3 Å². The lowest BCUT2D eigenvalue weighted by Gasteiger charge is -2.18. The third-order valence-electron chi connectivity index (χ3n) is 4.40. The van der Waals surface area contributed by atoms with Gasteiger partial charge in [-0.2, -0.15) is 4.31 Å². The van der Waals surface area contributed by atoms with Gasteiger partial charge in [0.25, 0.3) is 5.91 Å². The van der Waals surface area contributed by atoms with Crippen molar-refractivity contribution < 1.29 is 22.7 Å². The number of carbonyl (C=O) groups is 1. The van der Waals surface area contributed by atoms with Crippen LogP contribution in [0, 0.1) is 0 Å². The topological polar surface area (TPSA) is 84.9 Å². The summed E-state index contributed by atoms with van der Waals surface area (Å²) < 4.78 is 37.4. The van der Waals surface area contributed by atoms with Crippen LogP contribution in [-0.2, 0) is 10.0 Å². The summed E-state index contributed by atoms with van der Waals surface area (Å²) >= 11 is 6.27. The zero-order valence-corrected chi connectivity index (χ0v) is 19.1. The number of carbonyl (C=O) groups excluding carboxylic acids is 1. The lowest BCUT2D eigenvalue weighted by atomic mass is 10.1. The Bertz CT molecular complexity index is 974. The van der Waals surface area contributed by atoms with Gasteiger partial charge in [0.05, 0.1) is 23.6 Å². The SMILES string of the molecule is CCCOc1c(Cl)cc(C(=O)Nc2ccc(S(=O)(=O)N(CC)CC)cc2)cc1OC. The van der Waals surface area contributed by atoms with E-state index in [1.165, 1.54) is 29.6 Å². The minimum absolute atomic E-state index is 0.173. The summed E-state index contributed by atoms with van der Waals surface area (Å²) in [5.74, 6) is 0.349. The monoisotopic (exact) mass is 454 g/mol. The van der Waals surface area contributed by atoms with E-state index in [1.54, 1.807) is 32.0 Å². The van der Waals surface area contributed by atoms with Crippen LogP contribution in [0.4, 0.5) is 5.69 Å². The number of methoxy groups -OCH3 is 1. The number of nitrogens with zero attached hydrogens (tertiary/aromatic N) is 1. The zero-order valence-electron chi connectivity index (χ0n) is 17.6. The lowest BCUT2D eigenvalue weighted by Crippen LogP contribution is -2.30. The second kappa shape index (κ2) is 10.7. The first kappa shape index (κ1) is 24.0. The first-order chi connectivity index (χ1) is 14.3. The highest BCUT2D eigenvalue weighted by Gasteiger charge is 2.21. The zero-order chi connectivity index (χ0) is 22.3. The number of benzene rings is 2. The van der Waals surface area contributed by atoms with Crippen LogP contribution in [0.5, 0.6) is 11.5 Å². The predicted octanol–water partition coefficient (Wildman–Crippen LogP) is 4.42. The number of rotatable bonds is 10. The van der Waals surface area contributed by atoms with Crippen molar-refractivity contribution in [1.29, 1.82) is 0 Å². The molecule has 0 saturated carbocycles. The van der Waals surface area contributed by atoms with Crippen molar-refractivity contribution in [3.8, 4) is 11.5 Å². The molecule has 9 heteroatoms. The number of sulfonamides is 1. The van der Waals surface area contributed by atoms with Crippen molar-refractivity contribution in [1.82, 2.24) is 4.31 Å². The molecule has 7 nitrogen and oxygen atoms in total. The van der Waals surface area contributed by atoms with Gasteiger partial charge in [-0.1, -0.05) is 32.4 Å². The van der Waals surface area contributed by atoms with Crippen LogP contribution in [0.1, 0.15) is 37.6 Å². The van der Waals surface area contributed by atoms with E-state index in [-0.39, 0.29) is 9.92 Å². The summed E-state index contributed by atoms with van der Waals surface area (Å²) in [6.45, 7) is 6.79. The molecule has 0 unspecified atom stereocenters. The molecule has 30 heavy (non-hydrogen) atoms. The fourth-order valence-electron chi connectivity index (χ4n) is 2.82. The number of anilines is 1. The largest absolute Gasteiger partial charge is 0.493 e. The predicted molar refractivity (Wildman–Crippen MR) is 118 cm³/mol. The van der Waals surface area contributed by atoms with Gasteiger partial charge in [-0.3, -0.25) is 4.79 Å². The number of ether oxygens (including phenoxy) is 2. The van der Waals surface area contributed by atoms with Gasteiger partial charge in [-0.05, 0) is 42.8 Å². The Hall–Kier alpha value is -2.29. The standard InChI is InChI=1S/C21H27ClN2O5S/c1-5-12-29-20-18(22)13-15(14-19(20)28-4)21(25)23-16-8-10-17(11-9-16)30(26,27)24(6-2)7-3/h8-11,13-14H,5-7,12H2,1-4H3,(H,23,25). The Balaban J connectivity index is 2.21. The van der Waals surface area contributed by atoms with E-state index in [4.69, 9.17) is 21.1 Å². The summed E-state index contributed by atoms with van der Waals surface area (Å²) in [6.07, 6.45) is 0.807. The molecule has 0 heterocycles. The molecule has 0 fully saturated rings. The van der Waals surface area contributed by atoms with Gasteiger partial charge in [0.2, 0.25) is 10.0 Å². The summed E-state index contributed by atoms with van der Waals surface area (Å²) in [4.78, 5) is 12.8. The minimum Gasteiger partial charge on any atom is -0.493 e. The summed E-state index contributed by atoms with van der Waals surface area (Å²) in [6, 6.07) is 9.09. The molecular formula is C21H27ClN2O5S. The van der Waals surface area contributed by atoms with Crippen LogP contribution < -0.4 is 14.8 Å². The van der Waals surface area contributed by atoms with Gasteiger partial charge in [0, 0.05) is 24.3 Å². The van der Waals surface area contributed by atoms with Crippen LogP contribution in [0.2, 0.25) is 5.02 Å². The van der Waals surface area contributed by atoms with Crippen molar-refractivity contribution in [2.24, 2.45) is 0 Å². The molecule has 0 atom stereocenters. The van der Waals surface area contributed by atoms with E-state index < -0.39 is 15.9 Å². The third kappa shape index (κ3) is 5.44. The fraction of sp³-hybridized carbons (Fsp3) is 0.381. The number of nitrogens with one attached hydrogen (secondary N) is 1. The number of hydrogen-bond donors (Lipinski definition) is 1.